The molecule has 3 amide bonds. The Hall–Kier alpha value is -3.32. The van der Waals surface area contributed by atoms with Crippen molar-refractivity contribution in [3.63, 3.8) is 0 Å². The van der Waals surface area contributed by atoms with E-state index >= 15 is 0 Å². The molecule has 6 rings (SSSR count). The molecular formula is C30H21Br2Cl2N3O7. The fourth-order valence-electron chi connectivity index (χ4n) is 6.31. The number of non-ortho nitro benzene ring substituents is 1. The summed E-state index contributed by atoms with van der Waals surface area (Å²) in [6.07, 6.45) is 0.705. The lowest BCUT2D eigenvalue weighted by Crippen LogP contribution is -2.52. The molecule has 3 aromatic rings. The third-order valence-electron chi connectivity index (χ3n) is 8.35. The number of fused-ring (bicyclic) bond motifs is 5. The summed E-state index contributed by atoms with van der Waals surface area (Å²) in [7, 11) is 0. The number of Topliss-reactive ketones (excluding diaryl/α,β-unsaturated/α-hetero) is 1. The molecule has 2 aliphatic carbocycles. The molecule has 3 aliphatic rings. The van der Waals surface area contributed by atoms with Gasteiger partial charge in [0.2, 0.25) is 0 Å². The summed E-state index contributed by atoms with van der Waals surface area (Å²) < 4.78 is 5.71. The Kier molecular flexibility index (Phi) is 8.29. The van der Waals surface area contributed by atoms with Crippen molar-refractivity contribution >= 4 is 84.3 Å². The molecule has 0 unspecified atom stereocenters. The lowest BCUT2D eigenvalue weighted by molar-refractivity contribution is -0.384. The highest BCUT2D eigenvalue weighted by atomic mass is 79.9. The number of ether oxygens (including phenoxy) is 1. The van der Waals surface area contributed by atoms with Crippen molar-refractivity contribution in [2.75, 3.05) is 6.54 Å². The van der Waals surface area contributed by atoms with Crippen LogP contribution in [0.4, 0.5) is 5.69 Å². The number of halogens is 4. The van der Waals surface area contributed by atoms with E-state index in [4.69, 9.17) is 27.9 Å². The van der Waals surface area contributed by atoms with Crippen LogP contribution in [0.1, 0.15) is 27.1 Å². The number of nitro groups is 1. The Morgan fingerprint density at radius 3 is 1.98 bits per heavy atom. The molecule has 2 saturated carbocycles. The Labute approximate surface area is 277 Å². The first kappa shape index (κ1) is 30.7. The summed E-state index contributed by atoms with van der Waals surface area (Å²) in [6, 6.07) is 15.7. The number of hydrogen-bond donors (Lipinski definition) is 0. The standard InChI is InChI=1S/C30H21Br2Cl2N3O7/c31-26-20-12-21(27(26)32)25-24(20)29(40)36(30(25)41)35(28(39)19-10-3-15(33)11-22(19)34)13-23(38)14-1-6-17(7-2-14)44-18-8-4-16(5-9-18)37(42)43/h1-11,20-21,24-27H,12-13H2/t20-,21-,24-,25+,26+,27+/m1/s1. The van der Waals surface area contributed by atoms with Gasteiger partial charge in [-0.15, -0.1) is 0 Å². The number of hydrazine groups is 1. The maximum Gasteiger partial charge on any atom is 0.274 e. The van der Waals surface area contributed by atoms with Crippen LogP contribution in [0.3, 0.4) is 0 Å². The fourth-order valence-corrected chi connectivity index (χ4v) is 8.68. The van der Waals surface area contributed by atoms with Gasteiger partial charge < -0.3 is 4.74 Å². The van der Waals surface area contributed by atoms with Crippen LogP contribution in [0.15, 0.2) is 66.7 Å². The number of rotatable bonds is 8. The van der Waals surface area contributed by atoms with E-state index in [0.29, 0.717) is 17.9 Å². The van der Waals surface area contributed by atoms with Crippen molar-refractivity contribution < 1.29 is 28.8 Å². The lowest BCUT2D eigenvalue weighted by atomic mass is 9.81. The molecule has 0 spiro atoms. The number of amides is 3. The normalized spacial score (nSPS) is 25.2. The third-order valence-corrected chi connectivity index (χ3v) is 12.1. The number of carbonyl (C=O) groups is 4. The molecule has 10 nitrogen and oxygen atoms in total. The highest BCUT2D eigenvalue weighted by Gasteiger charge is 2.67. The Bertz CT molecular complexity index is 1670. The number of nitro benzene ring substituents is 1. The molecule has 44 heavy (non-hydrogen) atoms. The molecule has 226 valence electrons. The Balaban J connectivity index is 1.26. The fraction of sp³-hybridized carbons (Fsp3) is 0.267. The second kappa shape index (κ2) is 11.9. The van der Waals surface area contributed by atoms with Gasteiger partial charge in [-0.2, -0.15) is 5.01 Å². The van der Waals surface area contributed by atoms with E-state index in [1.807, 2.05) is 0 Å². The predicted molar refractivity (Wildman–Crippen MR) is 167 cm³/mol. The quantitative estimate of drug-likeness (QED) is 0.0820. The van der Waals surface area contributed by atoms with Crippen molar-refractivity contribution in [1.82, 2.24) is 10.0 Å². The molecule has 1 aliphatic heterocycles. The van der Waals surface area contributed by atoms with Crippen LogP contribution in [-0.4, -0.2) is 54.6 Å². The van der Waals surface area contributed by atoms with Gasteiger partial charge in [-0.3, -0.25) is 29.3 Å². The Morgan fingerprint density at radius 1 is 0.909 bits per heavy atom. The molecule has 1 heterocycles. The van der Waals surface area contributed by atoms with E-state index in [9.17, 15) is 29.3 Å². The molecule has 0 aromatic heterocycles. The molecule has 1 saturated heterocycles. The summed E-state index contributed by atoms with van der Waals surface area (Å²) >= 11 is 19.7. The van der Waals surface area contributed by atoms with Crippen LogP contribution in [0.25, 0.3) is 0 Å². The van der Waals surface area contributed by atoms with Gasteiger partial charge in [0.25, 0.3) is 23.4 Å². The van der Waals surface area contributed by atoms with Gasteiger partial charge in [0.1, 0.15) is 18.0 Å². The minimum Gasteiger partial charge on any atom is -0.457 e. The van der Waals surface area contributed by atoms with Crippen molar-refractivity contribution in [2.24, 2.45) is 23.7 Å². The van der Waals surface area contributed by atoms with Gasteiger partial charge in [-0.1, -0.05) is 55.1 Å². The molecule has 14 heteroatoms. The predicted octanol–water partition coefficient (Wildman–Crippen LogP) is 6.71. The zero-order chi connectivity index (χ0) is 31.4. The highest BCUT2D eigenvalue weighted by molar-refractivity contribution is 9.12. The monoisotopic (exact) mass is 763 g/mol. The second-order valence-corrected chi connectivity index (χ2v) is 13.7. The van der Waals surface area contributed by atoms with E-state index in [-0.39, 0.29) is 48.3 Å². The largest absolute Gasteiger partial charge is 0.457 e. The number of nitrogens with zero attached hydrogens (tertiary/aromatic N) is 3. The number of alkyl halides is 2. The zero-order valence-corrected chi connectivity index (χ0v) is 27.1. The summed E-state index contributed by atoms with van der Waals surface area (Å²) in [6.45, 7) is -0.609. The third kappa shape index (κ3) is 5.31. The molecule has 0 N–H and O–H groups in total. The lowest BCUT2D eigenvalue weighted by Gasteiger charge is -2.31. The van der Waals surface area contributed by atoms with E-state index in [2.05, 4.69) is 31.9 Å². The molecule has 6 atom stereocenters. The maximum absolute atomic E-state index is 13.9. The summed E-state index contributed by atoms with van der Waals surface area (Å²) in [5.41, 5.74) is 0.0945. The van der Waals surface area contributed by atoms with Crippen LogP contribution in [-0.2, 0) is 9.59 Å². The van der Waals surface area contributed by atoms with Crippen LogP contribution >= 0.6 is 55.1 Å². The summed E-state index contributed by atoms with van der Waals surface area (Å²) in [5, 5.41) is 12.9. The number of hydrogen-bond acceptors (Lipinski definition) is 7. The topological polar surface area (TPSA) is 127 Å². The van der Waals surface area contributed by atoms with E-state index in [0.717, 1.165) is 10.0 Å². The van der Waals surface area contributed by atoms with Gasteiger partial charge in [-0.25, -0.2) is 5.01 Å². The second-order valence-electron chi connectivity index (χ2n) is 10.8. The van der Waals surface area contributed by atoms with Crippen molar-refractivity contribution in [1.29, 1.82) is 0 Å². The van der Waals surface area contributed by atoms with Crippen molar-refractivity contribution in [3.05, 3.63) is 98.0 Å². The van der Waals surface area contributed by atoms with E-state index in [1.54, 1.807) is 0 Å². The van der Waals surface area contributed by atoms with Crippen molar-refractivity contribution in [3.8, 4) is 11.5 Å². The van der Waals surface area contributed by atoms with Crippen molar-refractivity contribution in [2.45, 2.75) is 16.1 Å². The molecule has 0 radical (unpaired) electrons. The smallest absolute Gasteiger partial charge is 0.274 e. The van der Waals surface area contributed by atoms with Crippen LogP contribution in [0.2, 0.25) is 10.0 Å². The number of ketones is 1. The van der Waals surface area contributed by atoms with Crippen LogP contribution in [0.5, 0.6) is 11.5 Å². The number of imide groups is 1. The average molecular weight is 766 g/mol. The van der Waals surface area contributed by atoms with Gasteiger partial charge in [0, 0.05) is 32.4 Å². The first-order chi connectivity index (χ1) is 21.0. The highest BCUT2D eigenvalue weighted by Crippen LogP contribution is 2.60. The SMILES string of the molecule is O=C(CN(C(=O)c1ccc(Cl)cc1Cl)N1C(=O)[C@@H]2[C@H]3C[C@@H]([C@H](Br)[C@H]3Br)[C@@H]2C1=O)c1ccc(Oc2ccc([N+](=O)[O-])cc2)cc1. The first-order valence-corrected chi connectivity index (χ1v) is 16.0. The van der Waals surface area contributed by atoms with Gasteiger partial charge in [0.15, 0.2) is 5.78 Å². The average Bonchev–Trinajstić information content (AvgIpc) is 3.61. The van der Waals surface area contributed by atoms with Gasteiger partial charge in [-0.05, 0) is 72.9 Å². The van der Waals surface area contributed by atoms with Gasteiger partial charge >= 0.3 is 0 Å². The number of carbonyl (C=O) groups excluding carboxylic acids is 4. The van der Waals surface area contributed by atoms with Crippen LogP contribution < -0.4 is 4.74 Å². The summed E-state index contributed by atoms with van der Waals surface area (Å²) in [4.78, 5) is 65.4. The minimum atomic E-state index is -0.794. The molecule has 2 bridgehead atoms. The number of benzene rings is 3. The minimum absolute atomic E-state index is 0.00585. The Morgan fingerprint density at radius 2 is 1.45 bits per heavy atom. The van der Waals surface area contributed by atoms with Crippen LogP contribution in [0, 0.1) is 33.8 Å². The molecule has 3 aromatic carbocycles. The van der Waals surface area contributed by atoms with Gasteiger partial charge in [0.05, 0.1) is 27.3 Å². The first-order valence-electron chi connectivity index (χ1n) is 13.4. The molecule has 3 fully saturated rings. The maximum atomic E-state index is 13.9. The zero-order valence-electron chi connectivity index (χ0n) is 22.4. The van der Waals surface area contributed by atoms with E-state index < -0.39 is 46.8 Å². The molecular weight excluding hydrogens is 745 g/mol. The summed E-state index contributed by atoms with van der Waals surface area (Å²) in [5.74, 6) is -3.05. The van der Waals surface area contributed by atoms with E-state index in [1.165, 1.54) is 66.7 Å².